The van der Waals surface area contributed by atoms with E-state index >= 15 is 0 Å². The Balaban J connectivity index is 1.76. The maximum Gasteiger partial charge on any atom is 0.251 e. The van der Waals surface area contributed by atoms with Crippen LogP contribution in [0.1, 0.15) is 33.1 Å². The van der Waals surface area contributed by atoms with Gasteiger partial charge in [0.05, 0.1) is 19.3 Å². The van der Waals surface area contributed by atoms with E-state index in [1.807, 2.05) is 32.0 Å². The highest BCUT2D eigenvalue weighted by molar-refractivity contribution is 5.95. The molecule has 1 amide bonds. The molecule has 1 saturated heterocycles. The zero-order valence-corrected chi connectivity index (χ0v) is 15.3. The van der Waals surface area contributed by atoms with Crippen LogP contribution in [0.4, 0.5) is 4.39 Å². The Morgan fingerprint density at radius 3 is 2.54 bits per heavy atom. The van der Waals surface area contributed by atoms with Gasteiger partial charge in [-0.15, -0.1) is 0 Å². The van der Waals surface area contributed by atoms with Crippen molar-refractivity contribution in [3.8, 4) is 0 Å². The molecule has 0 unspecified atom stereocenters. The van der Waals surface area contributed by atoms with Crippen LogP contribution in [-0.4, -0.2) is 43.7 Å². The lowest BCUT2D eigenvalue weighted by atomic mass is 10.0. The van der Waals surface area contributed by atoms with Crippen molar-refractivity contribution in [2.75, 3.05) is 32.8 Å². The summed E-state index contributed by atoms with van der Waals surface area (Å²) in [6.07, 6.45) is 0. The second-order valence-electron chi connectivity index (χ2n) is 6.67. The van der Waals surface area contributed by atoms with Crippen LogP contribution in [0, 0.1) is 19.7 Å². The summed E-state index contributed by atoms with van der Waals surface area (Å²) in [5.41, 5.74) is 3.79. The first kappa shape index (κ1) is 18.5. The van der Waals surface area contributed by atoms with Crippen molar-refractivity contribution in [1.29, 1.82) is 0 Å². The molecule has 0 radical (unpaired) electrons. The van der Waals surface area contributed by atoms with Crippen LogP contribution in [-0.2, 0) is 4.74 Å². The maximum atomic E-state index is 13.3. The fourth-order valence-corrected chi connectivity index (χ4v) is 3.31. The molecule has 26 heavy (non-hydrogen) atoms. The third-order valence-electron chi connectivity index (χ3n) is 5.05. The summed E-state index contributed by atoms with van der Waals surface area (Å²) in [4.78, 5) is 15.0. The quantitative estimate of drug-likeness (QED) is 0.894. The fraction of sp³-hybridized carbons (Fsp3) is 0.381. The summed E-state index contributed by atoms with van der Waals surface area (Å²) in [5, 5.41) is 3.06. The highest BCUT2D eigenvalue weighted by Crippen LogP contribution is 2.22. The van der Waals surface area contributed by atoms with Gasteiger partial charge in [0.2, 0.25) is 0 Å². The zero-order valence-electron chi connectivity index (χ0n) is 15.3. The highest BCUT2D eigenvalue weighted by Gasteiger charge is 2.23. The highest BCUT2D eigenvalue weighted by atomic mass is 19.1. The molecule has 0 saturated carbocycles. The summed E-state index contributed by atoms with van der Waals surface area (Å²) in [6.45, 7) is 7.36. The molecular formula is C21H25FN2O2. The first-order chi connectivity index (χ1) is 12.6. The van der Waals surface area contributed by atoms with E-state index in [1.165, 1.54) is 12.1 Å². The van der Waals surface area contributed by atoms with Crippen LogP contribution in [0.3, 0.4) is 0 Å². The first-order valence-corrected chi connectivity index (χ1v) is 8.98. The van der Waals surface area contributed by atoms with Crippen LogP contribution in [0.5, 0.6) is 0 Å². The lowest BCUT2D eigenvalue weighted by molar-refractivity contribution is 0.0162. The first-order valence-electron chi connectivity index (χ1n) is 8.98. The SMILES string of the molecule is Cc1cccc(C(=O)NC[C@H](c2ccc(F)cc2)N2CCOCC2)c1C. The molecule has 0 spiro atoms. The van der Waals surface area contributed by atoms with Gasteiger partial charge in [0.25, 0.3) is 5.91 Å². The summed E-state index contributed by atoms with van der Waals surface area (Å²) in [6, 6.07) is 12.3. The van der Waals surface area contributed by atoms with Gasteiger partial charge in [0.1, 0.15) is 5.82 Å². The van der Waals surface area contributed by atoms with Gasteiger partial charge in [-0.2, -0.15) is 0 Å². The van der Waals surface area contributed by atoms with Gasteiger partial charge in [-0.05, 0) is 48.7 Å². The number of rotatable bonds is 5. The molecule has 1 aliphatic heterocycles. The van der Waals surface area contributed by atoms with Crippen LogP contribution >= 0.6 is 0 Å². The minimum atomic E-state index is -0.256. The van der Waals surface area contributed by atoms with E-state index in [2.05, 4.69) is 10.2 Å². The van der Waals surface area contributed by atoms with Gasteiger partial charge in [-0.25, -0.2) is 4.39 Å². The van der Waals surface area contributed by atoms with E-state index in [4.69, 9.17) is 4.74 Å². The molecule has 1 aliphatic rings. The predicted molar refractivity (Wildman–Crippen MR) is 99.8 cm³/mol. The van der Waals surface area contributed by atoms with Gasteiger partial charge >= 0.3 is 0 Å². The van der Waals surface area contributed by atoms with Crippen molar-refractivity contribution in [3.05, 3.63) is 70.5 Å². The molecule has 0 aromatic heterocycles. The summed E-state index contributed by atoms with van der Waals surface area (Å²) in [7, 11) is 0. The van der Waals surface area contributed by atoms with E-state index in [9.17, 15) is 9.18 Å². The third-order valence-corrected chi connectivity index (χ3v) is 5.05. The number of carbonyl (C=O) groups is 1. The summed E-state index contributed by atoms with van der Waals surface area (Å²) < 4.78 is 18.7. The Morgan fingerprint density at radius 2 is 1.85 bits per heavy atom. The van der Waals surface area contributed by atoms with E-state index in [1.54, 1.807) is 12.1 Å². The summed E-state index contributed by atoms with van der Waals surface area (Å²) in [5.74, 6) is -0.333. The number of nitrogens with one attached hydrogen (secondary N) is 1. The molecule has 3 rings (SSSR count). The lowest BCUT2D eigenvalue weighted by Crippen LogP contribution is -2.43. The molecule has 1 atom stereocenters. The van der Waals surface area contributed by atoms with Crippen molar-refractivity contribution in [2.45, 2.75) is 19.9 Å². The minimum Gasteiger partial charge on any atom is -0.379 e. The van der Waals surface area contributed by atoms with Gasteiger partial charge in [-0.3, -0.25) is 9.69 Å². The van der Waals surface area contributed by atoms with E-state index in [0.29, 0.717) is 25.3 Å². The number of hydrogen-bond acceptors (Lipinski definition) is 3. The van der Waals surface area contributed by atoms with Crippen molar-refractivity contribution >= 4 is 5.91 Å². The molecule has 1 fully saturated rings. The molecule has 138 valence electrons. The molecule has 1 N–H and O–H groups in total. The van der Waals surface area contributed by atoms with Gasteiger partial charge in [0, 0.05) is 25.2 Å². The number of aryl methyl sites for hydroxylation is 1. The van der Waals surface area contributed by atoms with Crippen molar-refractivity contribution in [3.63, 3.8) is 0 Å². The molecule has 1 heterocycles. The molecule has 2 aromatic carbocycles. The third kappa shape index (κ3) is 4.29. The van der Waals surface area contributed by atoms with E-state index < -0.39 is 0 Å². The number of benzene rings is 2. The normalized spacial score (nSPS) is 16.3. The number of hydrogen-bond donors (Lipinski definition) is 1. The van der Waals surface area contributed by atoms with Crippen LogP contribution in [0.15, 0.2) is 42.5 Å². The number of amides is 1. The Hall–Kier alpha value is -2.24. The number of nitrogens with zero attached hydrogens (tertiary/aromatic N) is 1. The van der Waals surface area contributed by atoms with Gasteiger partial charge in [0.15, 0.2) is 0 Å². The van der Waals surface area contributed by atoms with Gasteiger partial charge in [-0.1, -0.05) is 24.3 Å². The molecule has 4 nitrogen and oxygen atoms in total. The molecule has 0 bridgehead atoms. The fourth-order valence-electron chi connectivity index (χ4n) is 3.31. The zero-order chi connectivity index (χ0) is 18.5. The number of ether oxygens (including phenoxy) is 1. The average molecular weight is 356 g/mol. The molecule has 5 heteroatoms. The van der Waals surface area contributed by atoms with Crippen LogP contribution in [0.2, 0.25) is 0 Å². The number of morpholine rings is 1. The lowest BCUT2D eigenvalue weighted by Gasteiger charge is -2.35. The van der Waals surface area contributed by atoms with Crippen molar-refractivity contribution in [2.24, 2.45) is 0 Å². The number of carbonyl (C=O) groups excluding carboxylic acids is 1. The Morgan fingerprint density at radius 1 is 1.15 bits per heavy atom. The Kier molecular flexibility index (Phi) is 6.01. The largest absolute Gasteiger partial charge is 0.379 e. The predicted octanol–water partition coefficient (Wildman–Crippen LogP) is 3.25. The topological polar surface area (TPSA) is 41.6 Å². The van der Waals surface area contributed by atoms with Crippen molar-refractivity contribution < 1.29 is 13.9 Å². The minimum absolute atomic E-state index is 0.00596. The van der Waals surface area contributed by atoms with Gasteiger partial charge < -0.3 is 10.1 Å². The summed E-state index contributed by atoms with van der Waals surface area (Å²) >= 11 is 0. The smallest absolute Gasteiger partial charge is 0.251 e. The van der Waals surface area contributed by atoms with Crippen molar-refractivity contribution in [1.82, 2.24) is 10.2 Å². The van der Waals surface area contributed by atoms with E-state index in [-0.39, 0.29) is 17.8 Å². The molecular weight excluding hydrogens is 331 g/mol. The average Bonchev–Trinajstić information content (AvgIpc) is 2.66. The monoisotopic (exact) mass is 356 g/mol. The van der Waals surface area contributed by atoms with Crippen LogP contribution in [0.25, 0.3) is 0 Å². The second-order valence-corrected chi connectivity index (χ2v) is 6.67. The molecule has 2 aromatic rings. The Bertz CT molecular complexity index is 755. The Labute approximate surface area is 154 Å². The molecule has 0 aliphatic carbocycles. The number of halogens is 1. The maximum absolute atomic E-state index is 13.3. The van der Waals surface area contributed by atoms with E-state index in [0.717, 1.165) is 29.8 Å². The van der Waals surface area contributed by atoms with Crippen LogP contribution < -0.4 is 5.32 Å². The standard InChI is InChI=1S/C21H25FN2O2/c1-15-4-3-5-19(16(15)2)21(25)23-14-20(24-10-12-26-13-11-24)17-6-8-18(22)9-7-17/h3-9,20H,10-14H2,1-2H3,(H,23,25)/t20-/m1/s1. The second kappa shape index (κ2) is 8.43.